The van der Waals surface area contributed by atoms with E-state index in [1.54, 1.807) is 7.11 Å². The van der Waals surface area contributed by atoms with Gasteiger partial charge in [-0.1, -0.05) is 12.8 Å². The summed E-state index contributed by atoms with van der Waals surface area (Å²) >= 11 is 0. The quantitative estimate of drug-likeness (QED) is 0.807. The van der Waals surface area contributed by atoms with Crippen LogP contribution < -0.4 is 0 Å². The van der Waals surface area contributed by atoms with Crippen molar-refractivity contribution in [2.75, 3.05) is 39.9 Å². The highest BCUT2D eigenvalue weighted by Crippen LogP contribution is 2.27. The normalized spacial score (nSPS) is 20.6. The topological polar surface area (TPSA) is 63.5 Å². The van der Waals surface area contributed by atoms with Crippen LogP contribution in [0.1, 0.15) is 56.1 Å². The Hall–Kier alpha value is -1.47. The zero-order valence-corrected chi connectivity index (χ0v) is 15.6. The van der Waals surface area contributed by atoms with Crippen molar-refractivity contribution >= 4 is 5.91 Å². The molecule has 0 spiro atoms. The molecule has 0 aromatic carbocycles. The molecule has 7 heteroatoms. The molecule has 0 unspecified atom stereocenters. The summed E-state index contributed by atoms with van der Waals surface area (Å²) in [6.07, 6.45) is 7.18. The van der Waals surface area contributed by atoms with E-state index >= 15 is 0 Å². The maximum atomic E-state index is 11.9. The highest BCUT2D eigenvalue weighted by molar-refractivity contribution is 5.77. The SMILES string of the molecule is COCC(=O)N1CCC(c2nnc(CN3CCCCCC3)n2C)CC1. The molecule has 3 heterocycles. The highest BCUT2D eigenvalue weighted by atomic mass is 16.5. The number of piperidine rings is 1. The molecule has 7 nitrogen and oxygen atoms in total. The molecule has 2 aliphatic heterocycles. The molecular weight excluding hydrogens is 318 g/mol. The third kappa shape index (κ3) is 4.58. The summed E-state index contributed by atoms with van der Waals surface area (Å²) in [5.74, 6) is 2.61. The number of carbonyl (C=O) groups excluding carboxylic acids is 1. The molecule has 0 aliphatic carbocycles. The van der Waals surface area contributed by atoms with Crippen LogP contribution in [0.25, 0.3) is 0 Å². The predicted octanol–water partition coefficient (Wildman–Crippen LogP) is 1.54. The number of nitrogens with zero attached hydrogens (tertiary/aromatic N) is 5. The Morgan fingerprint density at radius 3 is 2.40 bits per heavy atom. The van der Waals surface area contributed by atoms with Gasteiger partial charge in [-0.05, 0) is 38.8 Å². The van der Waals surface area contributed by atoms with E-state index in [1.165, 1.54) is 38.8 Å². The Labute approximate surface area is 150 Å². The molecular formula is C18H31N5O2. The molecule has 3 rings (SSSR count). The van der Waals surface area contributed by atoms with Crippen LogP contribution in [0.3, 0.4) is 0 Å². The van der Waals surface area contributed by atoms with Crippen LogP contribution in [0, 0.1) is 0 Å². The standard InChI is InChI=1S/C18H31N5O2/c1-21-16(13-22-9-5-3-4-6-10-22)19-20-18(21)15-7-11-23(12-8-15)17(24)14-25-2/h15H,3-14H2,1-2H3. The van der Waals surface area contributed by atoms with Gasteiger partial charge in [0.2, 0.25) is 5.91 Å². The molecule has 0 N–H and O–H groups in total. The molecule has 140 valence electrons. The lowest BCUT2D eigenvalue weighted by Crippen LogP contribution is -2.40. The number of hydrogen-bond donors (Lipinski definition) is 0. The molecule has 0 saturated carbocycles. The monoisotopic (exact) mass is 349 g/mol. The van der Waals surface area contributed by atoms with Crippen LogP contribution in [-0.4, -0.2) is 70.4 Å². The van der Waals surface area contributed by atoms with Gasteiger partial charge in [0.15, 0.2) is 0 Å². The van der Waals surface area contributed by atoms with Crippen LogP contribution in [0.4, 0.5) is 0 Å². The zero-order valence-electron chi connectivity index (χ0n) is 15.6. The Kier molecular flexibility index (Phi) is 6.42. The van der Waals surface area contributed by atoms with Crippen molar-refractivity contribution in [3.05, 3.63) is 11.6 Å². The molecule has 1 aromatic rings. The summed E-state index contributed by atoms with van der Waals surface area (Å²) in [6.45, 7) is 4.97. The van der Waals surface area contributed by atoms with Crippen LogP contribution in [0.5, 0.6) is 0 Å². The second-order valence-corrected chi connectivity index (χ2v) is 7.31. The van der Waals surface area contributed by atoms with E-state index in [-0.39, 0.29) is 12.5 Å². The molecule has 0 atom stereocenters. The summed E-state index contributed by atoms with van der Waals surface area (Å²) in [6, 6.07) is 0. The van der Waals surface area contributed by atoms with E-state index < -0.39 is 0 Å². The van der Waals surface area contributed by atoms with Crippen LogP contribution in [0.15, 0.2) is 0 Å². The molecule has 1 aromatic heterocycles. The maximum Gasteiger partial charge on any atom is 0.248 e. The van der Waals surface area contributed by atoms with Gasteiger partial charge in [0.05, 0.1) is 6.54 Å². The van der Waals surface area contributed by atoms with Crippen molar-refractivity contribution < 1.29 is 9.53 Å². The fourth-order valence-electron chi connectivity index (χ4n) is 3.96. The largest absolute Gasteiger partial charge is 0.375 e. The first-order chi connectivity index (χ1) is 12.2. The minimum Gasteiger partial charge on any atom is -0.375 e. The van der Waals surface area contributed by atoms with Crippen molar-refractivity contribution in [3.63, 3.8) is 0 Å². The first kappa shape index (κ1) is 18.3. The average molecular weight is 349 g/mol. The Balaban J connectivity index is 1.57. The number of aromatic nitrogens is 3. The lowest BCUT2D eigenvalue weighted by Gasteiger charge is -2.31. The second kappa shape index (κ2) is 8.76. The first-order valence-corrected chi connectivity index (χ1v) is 9.56. The van der Waals surface area contributed by atoms with Crippen LogP contribution in [0.2, 0.25) is 0 Å². The van der Waals surface area contributed by atoms with Crippen molar-refractivity contribution in [1.82, 2.24) is 24.6 Å². The summed E-state index contributed by atoms with van der Waals surface area (Å²) < 4.78 is 7.13. The van der Waals surface area contributed by atoms with E-state index in [0.717, 1.165) is 44.1 Å². The number of rotatable bonds is 5. The average Bonchev–Trinajstić information content (AvgIpc) is 2.83. The predicted molar refractivity (Wildman–Crippen MR) is 95.2 cm³/mol. The van der Waals surface area contributed by atoms with Gasteiger partial charge in [0.25, 0.3) is 0 Å². The molecule has 2 fully saturated rings. The van der Waals surface area contributed by atoms with Gasteiger partial charge in [-0.25, -0.2) is 0 Å². The van der Waals surface area contributed by atoms with E-state index in [9.17, 15) is 4.79 Å². The van der Waals surface area contributed by atoms with Crippen molar-refractivity contribution in [2.45, 2.75) is 51.0 Å². The maximum absolute atomic E-state index is 11.9. The smallest absolute Gasteiger partial charge is 0.248 e. The van der Waals surface area contributed by atoms with Gasteiger partial charge in [-0.15, -0.1) is 10.2 Å². The third-order valence-corrected chi connectivity index (χ3v) is 5.54. The Morgan fingerprint density at radius 1 is 1.08 bits per heavy atom. The van der Waals surface area contributed by atoms with Crippen molar-refractivity contribution in [2.24, 2.45) is 7.05 Å². The van der Waals surface area contributed by atoms with Gasteiger partial charge in [-0.3, -0.25) is 9.69 Å². The second-order valence-electron chi connectivity index (χ2n) is 7.31. The van der Waals surface area contributed by atoms with Crippen molar-refractivity contribution in [1.29, 1.82) is 0 Å². The minimum atomic E-state index is 0.0840. The van der Waals surface area contributed by atoms with Gasteiger partial charge in [0, 0.05) is 33.2 Å². The van der Waals surface area contributed by atoms with E-state index in [0.29, 0.717) is 5.92 Å². The number of methoxy groups -OCH3 is 1. The molecule has 1 amide bonds. The number of likely N-dealkylation sites (tertiary alicyclic amines) is 2. The summed E-state index contributed by atoms with van der Waals surface area (Å²) in [5, 5.41) is 8.96. The van der Waals surface area contributed by atoms with E-state index in [2.05, 4.69) is 26.7 Å². The zero-order chi connectivity index (χ0) is 17.6. The fourth-order valence-corrected chi connectivity index (χ4v) is 3.96. The van der Waals surface area contributed by atoms with Gasteiger partial charge in [0.1, 0.15) is 18.3 Å². The summed E-state index contributed by atoms with van der Waals surface area (Å²) in [7, 11) is 3.65. The van der Waals surface area contributed by atoms with E-state index in [1.807, 2.05) is 4.90 Å². The highest BCUT2D eigenvalue weighted by Gasteiger charge is 2.27. The fraction of sp³-hybridized carbons (Fsp3) is 0.833. The Morgan fingerprint density at radius 2 is 1.76 bits per heavy atom. The van der Waals surface area contributed by atoms with E-state index in [4.69, 9.17) is 4.74 Å². The van der Waals surface area contributed by atoms with Gasteiger partial charge < -0.3 is 14.2 Å². The number of amides is 1. The Bertz CT molecular complexity index is 558. The van der Waals surface area contributed by atoms with Crippen molar-refractivity contribution in [3.8, 4) is 0 Å². The van der Waals surface area contributed by atoms with Crippen LogP contribution in [-0.2, 0) is 23.1 Å². The molecule has 0 bridgehead atoms. The molecule has 25 heavy (non-hydrogen) atoms. The molecule has 2 saturated heterocycles. The lowest BCUT2D eigenvalue weighted by atomic mass is 9.96. The van der Waals surface area contributed by atoms with Gasteiger partial charge in [-0.2, -0.15) is 0 Å². The number of hydrogen-bond acceptors (Lipinski definition) is 5. The number of ether oxygens (including phenoxy) is 1. The third-order valence-electron chi connectivity index (χ3n) is 5.54. The minimum absolute atomic E-state index is 0.0840. The molecule has 2 aliphatic rings. The van der Waals surface area contributed by atoms with Gasteiger partial charge >= 0.3 is 0 Å². The number of carbonyl (C=O) groups is 1. The summed E-state index contributed by atoms with van der Waals surface area (Å²) in [5.41, 5.74) is 0. The first-order valence-electron chi connectivity index (χ1n) is 9.56. The summed E-state index contributed by atoms with van der Waals surface area (Å²) in [4.78, 5) is 16.3. The molecule has 0 radical (unpaired) electrons. The lowest BCUT2D eigenvalue weighted by molar-refractivity contribution is -0.136. The van der Waals surface area contributed by atoms with Crippen LogP contribution >= 0.6 is 0 Å².